The van der Waals surface area contributed by atoms with E-state index in [1.807, 2.05) is 0 Å². The summed E-state index contributed by atoms with van der Waals surface area (Å²) in [6.45, 7) is 19.1. The summed E-state index contributed by atoms with van der Waals surface area (Å²) in [4.78, 5) is 28.1. The van der Waals surface area contributed by atoms with Gasteiger partial charge in [0.25, 0.3) is 0 Å². The van der Waals surface area contributed by atoms with E-state index < -0.39 is 5.41 Å². The fourth-order valence-corrected chi connectivity index (χ4v) is 11.6. The molecular formula is C38H62O4. The molecule has 0 saturated heterocycles. The first-order chi connectivity index (χ1) is 19.6. The number of carbonyl (C=O) groups is 2. The van der Waals surface area contributed by atoms with E-state index in [2.05, 4.69) is 61.5 Å². The highest BCUT2D eigenvalue weighted by atomic mass is 16.5. The number of ketones is 1. The molecule has 4 nitrogen and oxygen atoms in total. The highest BCUT2D eigenvalue weighted by Gasteiger charge is 2.70. The van der Waals surface area contributed by atoms with Crippen LogP contribution < -0.4 is 0 Å². The average molecular weight is 583 g/mol. The van der Waals surface area contributed by atoms with E-state index in [1.54, 1.807) is 0 Å². The summed E-state index contributed by atoms with van der Waals surface area (Å²) in [6, 6.07) is 0. The van der Waals surface area contributed by atoms with Gasteiger partial charge < -0.3 is 9.84 Å². The first kappa shape index (κ1) is 32.2. The SMILES string of the molecule is CCCCCCCCOC(=O)[C@@]1(C)CC[C@]2(C)CC[C@]3(C)C(=CC(=O)C4[C@@]5(C)CC[C@H](O)C(C)(C)C5CC[C@]43C)[C@H]2C1. The van der Waals surface area contributed by atoms with Crippen LogP contribution in [0.3, 0.4) is 0 Å². The quantitative estimate of drug-likeness (QED) is 0.229. The number of rotatable bonds is 8. The molecule has 1 N–H and O–H groups in total. The van der Waals surface area contributed by atoms with E-state index in [-0.39, 0.29) is 51.0 Å². The molecule has 0 aromatic heterocycles. The molecule has 0 amide bonds. The third-order valence-corrected chi connectivity index (χ3v) is 14.8. The highest BCUT2D eigenvalue weighted by molar-refractivity contribution is 5.95. The predicted octanol–water partition coefficient (Wildman–Crippen LogP) is 9.23. The zero-order valence-electron chi connectivity index (χ0n) is 28.4. The molecule has 0 bridgehead atoms. The van der Waals surface area contributed by atoms with Crippen LogP contribution in [0.4, 0.5) is 0 Å². The van der Waals surface area contributed by atoms with Crippen LogP contribution in [-0.2, 0) is 14.3 Å². The minimum Gasteiger partial charge on any atom is -0.465 e. The van der Waals surface area contributed by atoms with Crippen LogP contribution in [0.15, 0.2) is 11.6 Å². The zero-order valence-corrected chi connectivity index (χ0v) is 28.4. The fraction of sp³-hybridized carbons (Fsp3) is 0.895. The van der Waals surface area contributed by atoms with Crippen LogP contribution in [0.1, 0.15) is 152 Å². The lowest BCUT2D eigenvalue weighted by Gasteiger charge is -2.70. The molecule has 0 heterocycles. The molecule has 0 aromatic rings. The van der Waals surface area contributed by atoms with Crippen LogP contribution in [-0.4, -0.2) is 29.6 Å². The molecule has 0 spiro atoms. The first-order valence-electron chi connectivity index (χ1n) is 17.7. The minimum absolute atomic E-state index is 0.00843. The molecule has 238 valence electrons. The standard InChI is InChI=1S/C38H62O4/c1-9-10-11-12-13-14-23-42-32(41)35(5)20-19-34(4)21-22-37(7)26(27(34)25-35)24-28(39)31-36(6)17-16-30(40)33(2,3)29(36)15-18-38(31,37)8/h24,27,29-31,40H,9-23,25H2,1-8H3/t27-,29?,30+,31?,34-,35+,36+,37-,38-/m1/s1. The molecule has 2 unspecified atom stereocenters. The summed E-state index contributed by atoms with van der Waals surface area (Å²) in [7, 11) is 0. The third kappa shape index (κ3) is 4.78. The van der Waals surface area contributed by atoms with Gasteiger partial charge in [-0.05, 0) is 116 Å². The van der Waals surface area contributed by atoms with E-state index >= 15 is 0 Å². The van der Waals surface area contributed by atoms with Gasteiger partial charge in [0.1, 0.15) is 0 Å². The number of hydrogen-bond acceptors (Lipinski definition) is 4. The van der Waals surface area contributed by atoms with Crippen molar-refractivity contribution in [1.82, 2.24) is 0 Å². The van der Waals surface area contributed by atoms with Crippen molar-refractivity contribution in [3.05, 3.63) is 11.6 Å². The van der Waals surface area contributed by atoms with Gasteiger partial charge in [0, 0.05) is 5.92 Å². The van der Waals surface area contributed by atoms with Crippen LogP contribution >= 0.6 is 0 Å². The molecular weight excluding hydrogens is 520 g/mol. The van der Waals surface area contributed by atoms with Crippen LogP contribution in [0, 0.1) is 50.2 Å². The van der Waals surface area contributed by atoms with Crippen molar-refractivity contribution in [2.75, 3.05) is 6.61 Å². The second-order valence-corrected chi connectivity index (χ2v) is 17.5. The topological polar surface area (TPSA) is 63.6 Å². The second kappa shape index (κ2) is 11.0. The van der Waals surface area contributed by atoms with Crippen molar-refractivity contribution in [3.63, 3.8) is 0 Å². The summed E-state index contributed by atoms with van der Waals surface area (Å²) < 4.78 is 5.95. The van der Waals surface area contributed by atoms with Gasteiger partial charge in [-0.15, -0.1) is 0 Å². The summed E-state index contributed by atoms with van der Waals surface area (Å²) in [5.74, 6) is 0.890. The summed E-state index contributed by atoms with van der Waals surface area (Å²) in [5.41, 5.74) is 0.569. The van der Waals surface area contributed by atoms with Crippen LogP contribution in [0.5, 0.6) is 0 Å². The highest BCUT2D eigenvalue weighted by Crippen LogP contribution is 2.75. The van der Waals surface area contributed by atoms with Crippen LogP contribution in [0.25, 0.3) is 0 Å². The third-order valence-electron chi connectivity index (χ3n) is 14.8. The Balaban J connectivity index is 1.40. The van der Waals surface area contributed by atoms with Gasteiger partial charge >= 0.3 is 5.97 Å². The van der Waals surface area contributed by atoms with Crippen molar-refractivity contribution < 1.29 is 19.4 Å². The number of fused-ring (bicyclic) bond motifs is 7. The summed E-state index contributed by atoms with van der Waals surface area (Å²) >= 11 is 0. The Bertz CT molecular complexity index is 1090. The van der Waals surface area contributed by atoms with E-state index in [1.165, 1.54) is 31.3 Å². The maximum absolute atomic E-state index is 14.5. The molecule has 5 rings (SSSR count). The van der Waals surface area contributed by atoms with Gasteiger partial charge in [-0.1, -0.05) is 86.1 Å². The Morgan fingerprint density at radius 3 is 2.26 bits per heavy atom. The molecule has 4 saturated carbocycles. The number of aliphatic hydroxyl groups is 1. The largest absolute Gasteiger partial charge is 0.465 e. The van der Waals surface area contributed by atoms with Crippen molar-refractivity contribution in [2.24, 2.45) is 50.2 Å². The number of esters is 1. The molecule has 9 atom stereocenters. The van der Waals surface area contributed by atoms with Gasteiger partial charge in [-0.25, -0.2) is 0 Å². The number of aliphatic hydroxyl groups excluding tert-OH is 1. The van der Waals surface area contributed by atoms with Crippen molar-refractivity contribution in [2.45, 2.75) is 158 Å². The molecule has 0 aromatic carbocycles. The van der Waals surface area contributed by atoms with E-state index in [4.69, 9.17) is 4.74 Å². The Morgan fingerprint density at radius 2 is 1.55 bits per heavy atom. The zero-order chi connectivity index (χ0) is 30.8. The summed E-state index contributed by atoms with van der Waals surface area (Å²) in [5, 5.41) is 11.0. The van der Waals surface area contributed by atoms with E-state index in [9.17, 15) is 14.7 Å². The molecule has 5 aliphatic carbocycles. The first-order valence-corrected chi connectivity index (χ1v) is 17.7. The van der Waals surface area contributed by atoms with Gasteiger partial charge in [-0.2, -0.15) is 0 Å². The van der Waals surface area contributed by atoms with Gasteiger partial charge in [0.15, 0.2) is 5.78 Å². The minimum atomic E-state index is -0.487. The Hall–Kier alpha value is -1.16. The molecule has 4 heteroatoms. The molecule has 0 aliphatic heterocycles. The summed E-state index contributed by atoms with van der Waals surface area (Å²) in [6.07, 6.45) is 17.7. The van der Waals surface area contributed by atoms with Gasteiger partial charge in [0.05, 0.1) is 18.1 Å². The lowest BCUT2D eigenvalue weighted by atomic mass is 9.33. The smallest absolute Gasteiger partial charge is 0.311 e. The number of hydrogen-bond donors (Lipinski definition) is 1. The normalized spacial score (nSPS) is 46.0. The Morgan fingerprint density at radius 1 is 0.881 bits per heavy atom. The number of carbonyl (C=O) groups excluding carboxylic acids is 2. The maximum Gasteiger partial charge on any atom is 0.311 e. The lowest BCUT2D eigenvalue weighted by Crippen LogP contribution is -2.66. The van der Waals surface area contributed by atoms with E-state index in [0.717, 1.165) is 70.6 Å². The lowest BCUT2D eigenvalue weighted by molar-refractivity contribution is -0.202. The van der Waals surface area contributed by atoms with Crippen molar-refractivity contribution in [3.8, 4) is 0 Å². The van der Waals surface area contributed by atoms with Crippen LogP contribution in [0.2, 0.25) is 0 Å². The predicted molar refractivity (Wildman–Crippen MR) is 170 cm³/mol. The molecule has 42 heavy (non-hydrogen) atoms. The number of ether oxygens (including phenoxy) is 1. The maximum atomic E-state index is 14.5. The van der Waals surface area contributed by atoms with Crippen molar-refractivity contribution in [1.29, 1.82) is 0 Å². The Labute approximate surface area is 257 Å². The molecule has 4 fully saturated rings. The number of allylic oxidation sites excluding steroid dienone is 2. The van der Waals surface area contributed by atoms with E-state index in [0.29, 0.717) is 18.3 Å². The van der Waals surface area contributed by atoms with Gasteiger partial charge in [-0.3, -0.25) is 9.59 Å². The van der Waals surface area contributed by atoms with Gasteiger partial charge in [0.2, 0.25) is 0 Å². The van der Waals surface area contributed by atoms with Crippen molar-refractivity contribution >= 4 is 11.8 Å². The second-order valence-electron chi connectivity index (χ2n) is 17.5. The molecule has 0 radical (unpaired) electrons. The average Bonchev–Trinajstić information content (AvgIpc) is 2.92. The fourth-order valence-electron chi connectivity index (χ4n) is 11.6. The number of unbranched alkanes of at least 4 members (excludes halogenated alkanes) is 5. The Kier molecular flexibility index (Phi) is 8.46. The monoisotopic (exact) mass is 582 g/mol. The molecule has 5 aliphatic rings.